The highest BCUT2D eigenvalue weighted by Crippen LogP contribution is 2.27. The van der Waals surface area contributed by atoms with Gasteiger partial charge in [0.15, 0.2) is 5.82 Å². The van der Waals surface area contributed by atoms with E-state index in [1.807, 2.05) is 12.1 Å². The number of methoxy groups -OCH3 is 1. The number of pyridine rings is 1. The van der Waals surface area contributed by atoms with Gasteiger partial charge in [0.25, 0.3) is 0 Å². The Morgan fingerprint density at radius 3 is 3.13 bits per heavy atom. The van der Waals surface area contributed by atoms with E-state index >= 15 is 0 Å². The third-order valence-electron chi connectivity index (χ3n) is 2.60. The molecule has 1 atom stereocenters. The second-order valence-electron chi connectivity index (χ2n) is 3.76. The average molecular weight is 207 g/mol. The number of anilines is 2. The van der Waals surface area contributed by atoms with Crippen LogP contribution in [0.25, 0.3) is 0 Å². The predicted octanol–water partition coefficient (Wildman–Crippen LogP) is 2.10. The lowest BCUT2D eigenvalue weighted by molar-refractivity contribution is 0.398. The van der Waals surface area contributed by atoms with E-state index < -0.39 is 0 Å². The van der Waals surface area contributed by atoms with E-state index in [0.29, 0.717) is 11.9 Å². The molecule has 1 aliphatic heterocycles. The number of fused-ring (bicyclic) bond motifs is 1. The van der Waals surface area contributed by atoms with Crippen molar-refractivity contribution >= 4 is 11.5 Å². The number of ether oxygens (including phenoxy) is 1. The molecule has 0 saturated carbocycles. The van der Waals surface area contributed by atoms with Crippen molar-refractivity contribution in [2.75, 3.05) is 24.3 Å². The van der Waals surface area contributed by atoms with E-state index in [-0.39, 0.29) is 0 Å². The maximum absolute atomic E-state index is 5.10. The lowest BCUT2D eigenvalue weighted by Crippen LogP contribution is -2.33. The first-order chi connectivity index (χ1) is 7.33. The molecule has 0 saturated heterocycles. The third-order valence-corrected chi connectivity index (χ3v) is 2.60. The minimum Gasteiger partial charge on any atom is -0.481 e. The van der Waals surface area contributed by atoms with E-state index in [0.717, 1.165) is 24.5 Å². The van der Waals surface area contributed by atoms with E-state index in [1.54, 1.807) is 7.11 Å². The van der Waals surface area contributed by atoms with E-state index in [2.05, 4.69) is 22.5 Å². The van der Waals surface area contributed by atoms with Crippen molar-refractivity contribution in [1.29, 1.82) is 0 Å². The third kappa shape index (κ3) is 2.14. The largest absolute Gasteiger partial charge is 0.481 e. The lowest BCUT2D eigenvalue weighted by atomic mass is 10.1. The second kappa shape index (κ2) is 4.38. The molecular weight excluding hydrogens is 190 g/mol. The minimum atomic E-state index is 0.474. The van der Waals surface area contributed by atoms with Crippen LogP contribution in [0.5, 0.6) is 5.88 Å². The molecule has 1 aliphatic rings. The van der Waals surface area contributed by atoms with Gasteiger partial charge < -0.3 is 15.4 Å². The van der Waals surface area contributed by atoms with Crippen LogP contribution in [0.4, 0.5) is 11.5 Å². The molecule has 0 aromatic carbocycles. The Morgan fingerprint density at radius 2 is 2.40 bits per heavy atom. The van der Waals surface area contributed by atoms with Gasteiger partial charge in [0.2, 0.25) is 5.88 Å². The van der Waals surface area contributed by atoms with Crippen molar-refractivity contribution in [1.82, 2.24) is 4.98 Å². The van der Waals surface area contributed by atoms with Crippen LogP contribution in [-0.4, -0.2) is 24.7 Å². The highest BCUT2D eigenvalue weighted by Gasteiger charge is 2.17. The first-order valence-electron chi connectivity index (χ1n) is 5.39. The monoisotopic (exact) mass is 207 g/mol. The topological polar surface area (TPSA) is 46.2 Å². The smallest absolute Gasteiger partial charge is 0.215 e. The fourth-order valence-electron chi connectivity index (χ4n) is 1.81. The zero-order chi connectivity index (χ0) is 10.7. The Labute approximate surface area is 90.0 Å². The van der Waals surface area contributed by atoms with Crippen LogP contribution in [0.2, 0.25) is 0 Å². The fraction of sp³-hybridized carbons (Fsp3) is 0.545. The molecule has 1 aromatic rings. The van der Waals surface area contributed by atoms with Crippen molar-refractivity contribution in [3.63, 3.8) is 0 Å². The van der Waals surface area contributed by atoms with Crippen LogP contribution in [-0.2, 0) is 0 Å². The Kier molecular flexibility index (Phi) is 2.94. The Bertz CT molecular complexity index is 341. The Morgan fingerprint density at radius 1 is 1.53 bits per heavy atom. The molecule has 0 amide bonds. The number of nitrogens with zero attached hydrogens (tertiary/aromatic N) is 1. The number of hydrogen-bond acceptors (Lipinski definition) is 4. The van der Waals surface area contributed by atoms with Crippen LogP contribution >= 0.6 is 0 Å². The first kappa shape index (κ1) is 10.1. The normalized spacial score (nSPS) is 18.7. The standard InChI is InChI=1S/C11H17N3O/c1-3-4-8-7-12-9-5-6-10(15-2)14-11(9)13-8/h5-6,8,12H,3-4,7H2,1-2H3,(H,13,14). The van der Waals surface area contributed by atoms with Crippen molar-refractivity contribution < 1.29 is 4.74 Å². The van der Waals surface area contributed by atoms with E-state index in [9.17, 15) is 0 Å². The summed E-state index contributed by atoms with van der Waals surface area (Å²) in [6, 6.07) is 4.34. The van der Waals surface area contributed by atoms with Gasteiger partial charge in [0, 0.05) is 18.7 Å². The Hall–Kier alpha value is -1.45. The summed E-state index contributed by atoms with van der Waals surface area (Å²) < 4.78 is 5.10. The summed E-state index contributed by atoms with van der Waals surface area (Å²) in [7, 11) is 1.63. The van der Waals surface area contributed by atoms with Crippen molar-refractivity contribution in [3.05, 3.63) is 12.1 Å². The van der Waals surface area contributed by atoms with Gasteiger partial charge in [-0.3, -0.25) is 0 Å². The number of rotatable bonds is 3. The SMILES string of the molecule is CCCC1CNc2ccc(OC)nc2N1. The molecule has 1 unspecified atom stereocenters. The second-order valence-corrected chi connectivity index (χ2v) is 3.76. The van der Waals surface area contributed by atoms with E-state index in [4.69, 9.17) is 4.74 Å². The number of aromatic nitrogens is 1. The molecule has 82 valence electrons. The van der Waals surface area contributed by atoms with Gasteiger partial charge in [-0.2, -0.15) is 4.98 Å². The average Bonchev–Trinajstić information content (AvgIpc) is 2.28. The van der Waals surface area contributed by atoms with Gasteiger partial charge in [0.1, 0.15) is 0 Å². The summed E-state index contributed by atoms with van der Waals surface area (Å²) in [6.45, 7) is 3.16. The first-order valence-corrected chi connectivity index (χ1v) is 5.39. The number of hydrogen-bond donors (Lipinski definition) is 2. The molecule has 1 aromatic heterocycles. The summed E-state index contributed by atoms with van der Waals surface area (Å²) in [4.78, 5) is 4.37. The van der Waals surface area contributed by atoms with Gasteiger partial charge in [-0.15, -0.1) is 0 Å². The van der Waals surface area contributed by atoms with Crippen LogP contribution in [0.1, 0.15) is 19.8 Å². The zero-order valence-corrected chi connectivity index (χ0v) is 9.21. The molecule has 0 fully saturated rings. The molecule has 4 heteroatoms. The van der Waals surface area contributed by atoms with Crippen LogP contribution < -0.4 is 15.4 Å². The number of nitrogens with one attached hydrogen (secondary N) is 2. The van der Waals surface area contributed by atoms with Gasteiger partial charge in [-0.05, 0) is 12.5 Å². The summed E-state index contributed by atoms with van der Waals surface area (Å²) in [5, 5.41) is 6.79. The fourth-order valence-corrected chi connectivity index (χ4v) is 1.81. The highest BCUT2D eigenvalue weighted by atomic mass is 16.5. The summed E-state index contributed by atoms with van der Waals surface area (Å²) >= 11 is 0. The van der Waals surface area contributed by atoms with Gasteiger partial charge in [0.05, 0.1) is 12.8 Å². The summed E-state index contributed by atoms with van der Waals surface area (Å²) in [5.41, 5.74) is 1.06. The van der Waals surface area contributed by atoms with Crippen molar-refractivity contribution in [2.45, 2.75) is 25.8 Å². The molecule has 0 radical (unpaired) electrons. The molecule has 2 heterocycles. The van der Waals surface area contributed by atoms with Crippen LogP contribution in [0.3, 0.4) is 0 Å². The van der Waals surface area contributed by atoms with Crippen molar-refractivity contribution in [3.8, 4) is 5.88 Å². The molecule has 0 aliphatic carbocycles. The van der Waals surface area contributed by atoms with Crippen LogP contribution in [0.15, 0.2) is 12.1 Å². The minimum absolute atomic E-state index is 0.474. The zero-order valence-electron chi connectivity index (χ0n) is 9.21. The van der Waals surface area contributed by atoms with Gasteiger partial charge in [-0.1, -0.05) is 13.3 Å². The van der Waals surface area contributed by atoms with Crippen LogP contribution in [0, 0.1) is 0 Å². The molecule has 0 spiro atoms. The molecule has 2 rings (SSSR count). The lowest BCUT2D eigenvalue weighted by Gasteiger charge is -2.27. The molecule has 15 heavy (non-hydrogen) atoms. The predicted molar refractivity (Wildman–Crippen MR) is 61.6 cm³/mol. The summed E-state index contributed by atoms with van der Waals surface area (Å²) in [6.07, 6.45) is 2.34. The molecule has 2 N–H and O–H groups in total. The van der Waals surface area contributed by atoms with Gasteiger partial charge >= 0.3 is 0 Å². The van der Waals surface area contributed by atoms with E-state index in [1.165, 1.54) is 6.42 Å². The maximum Gasteiger partial charge on any atom is 0.215 e. The van der Waals surface area contributed by atoms with Gasteiger partial charge in [-0.25, -0.2) is 0 Å². The molecule has 0 bridgehead atoms. The maximum atomic E-state index is 5.10. The molecule has 4 nitrogen and oxygen atoms in total. The summed E-state index contributed by atoms with van der Waals surface area (Å²) in [5.74, 6) is 1.55. The Balaban J connectivity index is 2.16. The quantitative estimate of drug-likeness (QED) is 0.796. The van der Waals surface area contributed by atoms with Crippen molar-refractivity contribution in [2.24, 2.45) is 0 Å². The molecular formula is C11H17N3O. The highest BCUT2D eigenvalue weighted by molar-refractivity contribution is 5.67.